The van der Waals surface area contributed by atoms with Gasteiger partial charge in [0.25, 0.3) is 0 Å². The topological polar surface area (TPSA) is 93.4 Å². The molecular formula is C18H19N3O3. The van der Waals surface area contributed by atoms with Crippen LogP contribution in [0.3, 0.4) is 0 Å². The normalized spacial score (nSPS) is 9.83. The molecule has 0 aliphatic carbocycles. The van der Waals surface area contributed by atoms with Crippen LogP contribution in [0, 0.1) is 0 Å². The standard InChI is InChI=1S/C18H19N3O3/c1-2-10-24-16-9-4-3-8-15(16)20-12-17(22)21-14-7-5-6-13(11-14)18(19)23/h2-9,11,20H,1,10,12H2,(H2,19,23)(H,21,22). The van der Waals surface area contributed by atoms with E-state index in [2.05, 4.69) is 17.2 Å². The zero-order chi connectivity index (χ0) is 17.4. The Hall–Kier alpha value is -3.28. The molecule has 0 fully saturated rings. The Morgan fingerprint density at radius 3 is 2.71 bits per heavy atom. The minimum absolute atomic E-state index is 0.0509. The second-order valence-corrected chi connectivity index (χ2v) is 4.94. The van der Waals surface area contributed by atoms with Crippen LogP contribution in [-0.2, 0) is 4.79 Å². The first-order valence-electron chi connectivity index (χ1n) is 7.36. The van der Waals surface area contributed by atoms with Gasteiger partial charge in [-0.2, -0.15) is 0 Å². The van der Waals surface area contributed by atoms with E-state index in [4.69, 9.17) is 10.5 Å². The summed E-state index contributed by atoms with van der Waals surface area (Å²) in [5, 5.41) is 5.72. The third-order valence-electron chi connectivity index (χ3n) is 3.11. The molecule has 0 spiro atoms. The molecule has 2 amide bonds. The summed E-state index contributed by atoms with van der Waals surface area (Å²) in [6, 6.07) is 13.8. The number of ether oxygens (including phenoxy) is 1. The Morgan fingerprint density at radius 2 is 1.96 bits per heavy atom. The lowest BCUT2D eigenvalue weighted by Crippen LogP contribution is -2.22. The lowest BCUT2D eigenvalue weighted by molar-refractivity contribution is -0.114. The number of carbonyl (C=O) groups is 2. The molecule has 0 heterocycles. The maximum atomic E-state index is 12.0. The molecule has 0 unspecified atom stereocenters. The minimum Gasteiger partial charge on any atom is -0.487 e. The van der Waals surface area contributed by atoms with Crippen molar-refractivity contribution in [2.75, 3.05) is 23.8 Å². The van der Waals surface area contributed by atoms with E-state index < -0.39 is 5.91 Å². The number of nitrogens with two attached hydrogens (primary N) is 1. The maximum Gasteiger partial charge on any atom is 0.248 e. The molecule has 6 nitrogen and oxygen atoms in total. The van der Waals surface area contributed by atoms with Gasteiger partial charge in [-0.05, 0) is 30.3 Å². The van der Waals surface area contributed by atoms with Crippen molar-refractivity contribution in [1.29, 1.82) is 0 Å². The highest BCUT2D eigenvalue weighted by molar-refractivity contribution is 5.97. The third-order valence-corrected chi connectivity index (χ3v) is 3.11. The van der Waals surface area contributed by atoms with Crippen molar-refractivity contribution in [3.8, 4) is 5.75 Å². The highest BCUT2D eigenvalue weighted by atomic mass is 16.5. The summed E-state index contributed by atoms with van der Waals surface area (Å²) < 4.78 is 5.52. The lowest BCUT2D eigenvalue weighted by Gasteiger charge is -2.12. The van der Waals surface area contributed by atoms with Gasteiger partial charge in [0.1, 0.15) is 12.4 Å². The molecule has 2 aromatic rings. The molecule has 0 aliphatic rings. The van der Waals surface area contributed by atoms with Gasteiger partial charge in [-0.15, -0.1) is 0 Å². The van der Waals surface area contributed by atoms with Gasteiger partial charge in [-0.25, -0.2) is 0 Å². The summed E-state index contributed by atoms with van der Waals surface area (Å²) in [7, 11) is 0. The zero-order valence-electron chi connectivity index (χ0n) is 13.1. The number of hydrogen-bond acceptors (Lipinski definition) is 4. The molecule has 0 aromatic heterocycles. The van der Waals surface area contributed by atoms with Crippen LogP contribution in [0.25, 0.3) is 0 Å². The van der Waals surface area contributed by atoms with E-state index in [1.807, 2.05) is 18.2 Å². The number of benzene rings is 2. The molecule has 124 valence electrons. The summed E-state index contributed by atoms with van der Waals surface area (Å²) in [4.78, 5) is 23.2. The van der Waals surface area contributed by atoms with Gasteiger partial charge < -0.3 is 21.1 Å². The van der Waals surface area contributed by atoms with Gasteiger partial charge in [0, 0.05) is 11.3 Å². The molecular weight excluding hydrogens is 306 g/mol. The number of anilines is 2. The van der Waals surface area contributed by atoms with Gasteiger partial charge in [0.15, 0.2) is 0 Å². The van der Waals surface area contributed by atoms with Crippen molar-refractivity contribution in [3.63, 3.8) is 0 Å². The van der Waals surface area contributed by atoms with E-state index in [9.17, 15) is 9.59 Å². The van der Waals surface area contributed by atoms with Crippen LogP contribution in [0.2, 0.25) is 0 Å². The van der Waals surface area contributed by atoms with Crippen molar-refractivity contribution in [1.82, 2.24) is 0 Å². The predicted octanol–water partition coefficient (Wildman–Crippen LogP) is 2.40. The largest absolute Gasteiger partial charge is 0.487 e. The molecule has 6 heteroatoms. The first kappa shape index (κ1) is 17.1. The Morgan fingerprint density at radius 1 is 1.17 bits per heavy atom. The molecule has 0 bridgehead atoms. The number of amides is 2. The van der Waals surface area contributed by atoms with Gasteiger partial charge in [-0.1, -0.05) is 30.9 Å². The van der Waals surface area contributed by atoms with Gasteiger partial charge in [-0.3, -0.25) is 9.59 Å². The number of primary amides is 1. The van der Waals surface area contributed by atoms with Crippen molar-refractivity contribution in [2.24, 2.45) is 5.73 Å². The van der Waals surface area contributed by atoms with E-state index in [-0.39, 0.29) is 12.5 Å². The summed E-state index contributed by atoms with van der Waals surface area (Å²) >= 11 is 0. The fraction of sp³-hybridized carbons (Fsp3) is 0.111. The summed E-state index contributed by atoms with van der Waals surface area (Å²) in [5.74, 6) is -0.159. The predicted molar refractivity (Wildman–Crippen MR) is 94.2 cm³/mol. The number of para-hydroxylation sites is 2. The molecule has 2 rings (SSSR count). The first-order valence-corrected chi connectivity index (χ1v) is 7.36. The van der Waals surface area contributed by atoms with Crippen LogP contribution < -0.4 is 21.1 Å². The molecule has 0 atom stereocenters. The SMILES string of the molecule is C=CCOc1ccccc1NCC(=O)Nc1cccc(C(N)=O)c1. The number of hydrogen-bond donors (Lipinski definition) is 3. The highest BCUT2D eigenvalue weighted by Gasteiger charge is 2.07. The van der Waals surface area contributed by atoms with Crippen LogP contribution in [0.1, 0.15) is 10.4 Å². The Balaban J connectivity index is 1.95. The van der Waals surface area contributed by atoms with Crippen molar-refractivity contribution in [3.05, 3.63) is 66.7 Å². The number of nitrogens with one attached hydrogen (secondary N) is 2. The van der Waals surface area contributed by atoms with E-state index >= 15 is 0 Å². The third kappa shape index (κ3) is 4.88. The Bertz CT molecular complexity index is 744. The fourth-order valence-corrected chi connectivity index (χ4v) is 2.02. The van der Waals surface area contributed by atoms with Crippen LogP contribution in [-0.4, -0.2) is 25.0 Å². The van der Waals surface area contributed by atoms with Crippen LogP contribution >= 0.6 is 0 Å². The number of rotatable bonds is 8. The van der Waals surface area contributed by atoms with Crippen LogP contribution in [0.15, 0.2) is 61.2 Å². The summed E-state index contributed by atoms with van der Waals surface area (Å²) in [6.45, 7) is 4.03. The molecule has 0 radical (unpaired) electrons. The summed E-state index contributed by atoms with van der Waals surface area (Å²) in [5.41, 5.74) is 6.77. The Kier molecular flexibility index (Phi) is 5.96. The Labute approximate surface area is 140 Å². The van der Waals surface area contributed by atoms with Crippen molar-refractivity contribution < 1.29 is 14.3 Å². The average molecular weight is 325 g/mol. The quantitative estimate of drug-likeness (QED) is 0.650. The molecule has 0 saturated carbocycles. The highest BCUT2D eigenvalue weighted by Crippen LogP contribution is 2.23. The molecule has 0 saturated heterocycles. The molecule has 0 aliphatic heterocycles. The zero-order valence-corrected chi connectivity index (χ0v) is 13.1. The van der Waals surface area contributed by atoms with Gasteiger partial charge in [0.05, 0.1) is 12.2 Å². The average Bonchev–Trinajstić information content (AvgIpc) is 2.59. The van der Waals surface area contributed by atoms with E-state index in [0.717, 1.165) is 0 Å². The van der Waals surface area contributed by atoms with Crippen LogP contribution in [0.4, 0.5) is 11.4 Å². The molecule has 24 heavy (non-hydrogen) atoms. The molecule has 4 N–H and O–H groups in total. The van der Waals surface area contributed by atoms with Gasteiger partial charge in [0.2, 0.25) is 11.8 Å². The van der Waals surface area contributed by atoms with Crippen molar-refractivity contribution >= 4 is 23.2 Å². The smallest absolute Gasteiger partial charge is 0.248 e. The second kappa shape index (κ2) is 8.38. The van der Waals surface area contributed by atoms with Gasteiger partial charge >= 0.3 is 0 Å². The van der Waals surface area contributed by atoms with Crippen LogP contribution in [0.5, 0.6) is 5.75 Å². The lowest BCUT2D eigenvalue weighted by atomic mass is 10.2. The van der Waals surface area contributed by atoms with E-state index in [0.29, 0.717) is 29.3 Å². The first-order chi connectivity index (χ1) is 11.6. The maximum absolute atomic E-state index is 12.0. The summed E-state index contributed by atoms with van der Waals surface area (Å²) in [6.07, 6.45) is 1.65. The number of carbonyl (C=O) groups excluding carboxylic acids is 2. The van der Waals surface area contributed by atoms with E-state index in [1.54, 1.807) is 30.3 Å². The van der Waals surface area contributed by atoms with Crippen molar-refractivity contribution in [2.45, 2.75) is 0 Å². The monoisotopic (exact) mass is 325 g/mol. The minimum atomic E-state index is -0.544. The second-order valence-electron chi connectivity index (χ2n) is 4.94. The molecule has 2 aromatic carbocycles. The fourth-order valence-electron chi connectivity index (χ4n) is 2.02. The van der Waals surface area contributed by atoms with E-state index in [1.165, 1.54) is 6.07 Å².